The normalized spacial score (nSPS) is 11.0. The molecule has 0 aliphatic heterocycles. The highest BCUT2D eigenvalue weighted by Crippen LogP contribution is 2.38. The van der Waals surface area contributed by atoms with E-state index in [0.717, 1.165) is 16.7 Å². The number of rotatable bonds is 8. The second kappa shape index (κ2) is 11.7. The molecule has 1 amide bonds. The Labute approximate surface area is 213 Å². The van der Waals surface area contributed by atoms with E-state index in [1.165, 1.54) is 6.08 Å². The summed E-state index contributed by atoms with van der Waals surface area (Å²) in [7, 11) is 0. The third-order valence-corrected chi connectivity index (χ3v) is 5.79. The van der Waals surface area contributed by atoms with E-state index in [2.05, 4.69) is 21.2 Å². The van der Waals surface area contributed by atoms with Crippen LogP contribution in [0.15, 0.2) is 64.6 Å². The van der Waals surface area contributed by atoms with Gasteiger partial charge in [0.1, 0.15) is 18.2 Å². The fraction of sp³-hybridized carbons (Fsp3) is 0.185. The van der Waals surface area contributed by atoms with Gasteiger partial charge in [0, 0.05) is 10.7 Å². The predicted octanol–water partition coefficient (Wildman–Crippen LogP) is 7.24. The molecule has 3 rings (SSSR count). The zero-order valence-corrected chi connectivity index (χ0v) is 21.5. The Morgan fingerprint density at radius 2 is 1.85 bits per heavy atom. The molecule has 7 heteroatoms. The van der Waals surface area contributed by atoms with Crippen LogP contribution in [0, 0.1) is 25.2 Å². The predicted molar refractivity (Wildman–Crippen MR) is 139 cm³/mol. The maximum Gasteiger partial charge on any atom is 0.266 e. The minimum absolute atomic E-state index is 0.0231. The number of halogens is 2. The van der Waals surface area contributed by atoms with Crippen molar-refractivity contribution in [1.29, 1.82) is 5.26 Å². The highest BCUT2D eigenvalue weighted by molar-refractivity contribution is 9.10. The van der Waals surface area contributed by atoms with Crippen molar-refractivity contribution in [2.75, 3.05) is 11.9 Å². The van der Waals surface area contributed by atoms with Gasteiger partial charge in [-0.1, -0.05) is 35.9 Å². The molecule has 5 nitrogen and oxygen atoms in total. The van der Waals surface area contributed by atoms with Crippen molar-refractivity contribution < 1.29 is 14.3 Å². The average Bonchev–Trinajstić information content (AvgIpc) is 2.80. The van der Waals surface area contributed by atoms with Crippen molar-refractivity contribution in [2.45, 2.75) is 27.4 Å². The number of hydrogen-bond acceptors (Lipinski definition) is 4. The second-order valence-electron chi connectivity index (χ2n) is 7.62. The molecule has 0 aromatic heterocycles. The number of carbonyl (C=O) groups excluding carboxylic acids is 1. The average molecular weight is 540 g/mol. The first kappa shape index (κ1) is 25.4. The van der Waals surface area contributed by atoms with Crippen LogP contribution in [0.1, 0.15) is 29.2 Å². The van der Waals surface area contributed by atoms with Crippen LogP contribution in [0.3, 0.4) is 0 Å². The van der Waals surface area contributed by atoms with Crippen LogP contribution in [-0.2, 0) is 11.4 Å². The van der Waals surface area contributed by atoms with E-state index in [-0.39, 0.29) is 5.57 Å². The Bertz CT molecular complexity index is 1260. The molecule has 0 bridgehead atoms. The minimum atomic E-state index is -0.478. The van der Waals surface area contributed by atoms with Gasteiger partial charge in [0.15, 0.2) is 11.5 Å². The Morgan fingerprint density at radius 3 is 2.53 bits per heavy atom. The number of nitriles is 1. The summed E-state index contributed by atoms with van der Waals surface area (Å²) in [6.45, 7) is 6.47. The van der Waals surface area contributed by atoms with Gasteiger partial charge in [0.2, 0.25) is 0 Å². The lowest BCUT2D eigenvalue weighted by atomic mass is 10.1. The molecular weight excluding hydrogens is 516 g/mol. The van der Waals surface area contributed by atoms with E-state index in [0.29, 0.717) is 45.5 Å². The summed E-state index contributed by atoms with van der Waals surface area (Å²) < 4.78 is 12.4. The van der Waals surface area contributed by atoms with Crippen LogP contribution in [-0.4, -0.2) is 12.5 Å². The Kier molecular flexibility index (Phi) is 8.75. The van der Waals surface area contributed by atoms with Gasteiger partial charge in [-0.15, -0.1) is 0 Å². The summed E-state index contributed by atoms with van der Waals surface area (Å²) in [5.74, 6) is 0.560. The lowest BCUT2D eigenvalue weighted by Gasteiger charge is -2.15. The van der Waals surface area contributed by atoms with E-state index in [1.54, 1.807) is 24.3 Å². The summed E-state index contributed by atoms with van der Waals surface area (Å²) in [6, 6.07) is 18.7. The second-order valence-corrected chi connectivity index (χ2v) is 8.91. The molecule has 1 N–H and O–H groups in total. The number of hydrogen-bond donors (Lipinski definition) is 1. The van der Waals surface area contributed by atoms with E-state index in [9.17, 15) is 10.1 Å². The number of anilines is 1. The van der Waals surface area contributed by atoms with Gasteiger partial charge in [-0.05, 0) is 95.4 Å². The molecule has 0 fully saturated rings. The van der Waals surface area contributed by atoms with Crippen molar-refractivity contribution in [2.24, 2.45) is 0 Å². The molecule has 0 unspecified atom stereocenters. The maximum absolute atomic E-state index is 12.8. The Balaban J connectivity index is 1.85. The number of nitrogens with zero attached hydrogens (tertiary/aromatic N) is 1. The fourth-order valence-corrected chi connectivity index (χ4v) is 3.89. The molecule has 34 heavy (non-hydrogen) atoms. The zero-order chi connectivity index (χ0) is 24.7. The first-order valence-electron chi connectivity index (χ1n) is 10.6. The highest BCUT2D eigenvalue weighted by Gasteiger charge is 2.15. The molecule has 3 aromatic rings. The minimum Gasteiger partial charge on any atom is -0.490 e. The molecule has 0 heterocycles. The first-order valence-corrected chi connectivity index (χ1v) is 11.8. The molecular formula is C27H24BrClN2O3. The summed E-state index contributed by atoms with van der Waals surface area (Å²) in [6.07, 6.45) is 1.52. The number of nitrogens with one attached hydrogen (secondary N) is 1. The van der Waals surface area contributed by atoms with Crippen molar-refractivity contribution in [3.8, 4) is 17.6 Å². The van der Waals surface area contributed by atoms with Crippen LogP contribution in [0.25, 0.3) is 6.08 Å². The SMILES string of the molecule is CCOc1cc(/C=C(/C#N)C(=O)Nc2cc(C)ccc2C)cc(Br)c1OCc1ccc(Cl)cc1. The topological polar surface area (TPSA) is 71.3 Å². The van der Waals surface area contributed by atoms with Crippen LogP contribution < -0.4 is 14.8 Å². The summed E-state index contributed by atoms with van der Waals surface area (Å²) in [5.41, 5.74) is 4.17. The van der Waals surface area contributed by atoms with Gasteiger partial charge in [-0.2, -0.15) is 5.26 Å². The van der Waals surface area contributed by atoms with Gasteiger partial charge in [-0.25, -0.2) is 0 Å². The largest absolute Gasteiger partial charge is 0.490 e. The number of carbonyl (C=O) groups is 1. The Morgan fingerprint density at radius 1 is 1.12 bits per heavy atom. The molecule has 174 valence electrons. The monoisotopic (exact) mass is 538 g/mol. The quantitative estimate of drug-likeness (QED) is 0.242. The molecule has 0 atom stereocenters. The fourth-order valence-electron chi connectivity index (χ4n) is 3.19. The van der Waals surface area contributed by atoms with Gasteiger partial charge in [0.25, 0.3) is 5.91 Å². The van der Waals surface area contributed by atoms with Crippen LogP contribution in [0.5, 0.6) is 11.5 Å². The molecule has 0 spiro atoms. The lowest BCUT2D eigenvalue weighted by molar-refractivity contribution is -0.112. The summed E-state index contributed by atoms with van der Waals surface area (Å²) in [4.78, 5) is 12.8. The smallest absolute Gasteiger partial charge is 0.266 e. The lowest BCUT2D eigenvalue weighted by Crippen LogP contribution is -2.14. The highest BCUT2D eigenvalue weighted by atomic mass is 79.9. The maximum atomic E-state index is 12.8. The number of benzene rings is 3. The van der Waals surface area contributed by atoms with Gasteiger partial charge in [0.05, 0.1) is 11.1 Å². The summed E-state index contributed by atoms with van der Waals surface area (Å²) in [5, 5.41) is 13.1. The molecule has 0 aliphatic carbocycles. The Hall–Kier alpha value is -3.27. The van der Waals surface area contributed by atoms with E-state index >= 15 is 0 Å². The summed E-state index contributed by atoms with van der Waals surface area (Å²) >= 11 is 9.48. The standard InChI is InChI=1S/C27H24BrClN2O3/c1-4-33-25-14-20(13-23(28)26(25)34-16-19-7-9-22(29)10-8-19)12-21(15-30)27(32)31-24-11-17(2)5-6-18(24)3/h5-14H,4,16H2,1-3H3,(H,31,32)/b21-12-. The molecule has 0 saturated heterocycles. The van der Waals surface area contributed by atoms with Crippen molar-refractivity contribution in [3.05, 3.63) is 91.9 Å². The van der Waals surface area contributed by atoms with E-state index < -0.39 is 5.91 Å². The van der Waals surface area contributed by atoms with Crippen LogP contribution in [0.2, 0.25) is 5.02 Å². The van der Waals surface area contributed by atoms with Crippen LogP contribution in [0.4, 0.5) is 5.69 Å². The van der Waals surface area contributed by atoms with Crippen molar-refractivity contribution in [3.63, 3.8) is 0 Å². The van der Waals surface area contributed by atoms with Gasteiger partial charge < -0.3 is 14.8 Å². The van der Waals surface area contributed by atoms with Crippen molar-refractivity contribution >= 4 is 45.2 Å². The zero-order valence-electron chi connectivity index (χ0n) is 19.1. The number of aryl methyl sites for hydroxylation is 2. The number of ether oxygens (including phenoxy) is 2. The van der Waals surface area contributed by atoms with E-state index in [4.69, 9.17) is 21.1 Å². The van der Waals surface area contributed by atoms with Gasteiger partial charge in [-0.3, -0.25) is 4.79 Å². The first-order chi connectivity index (χ1) is 16.3. The molecule has 0 aliphatic rings. The van der Waals surface area contributed by atoms with Crippen molar-refractivity contribution in [1.82, 2.24) is 0 Å². The molecule has 0 saturated carbocycles. The molecule has 3 aromatic carbocycles. The van der Waals surface area contributed by atoms with Crippen LogP contribution >= 0.6 is 27.5 Å². The number of amides is 1. The third-order valence-electron chi connectivity index (χ3n) is 4.95. The van der Waals surface area contributed by atoms with Gasteiger partial charge >= 0.3 is 0 Å². The third kappa shape index (κ3) is 6.63. The van der Waals surface area contributed by atoms with E-state index in [1.807, 2.05) is 57.2 Å². The molecule has 0 radical (unpaired) electrons.